The van der Waals surface area contributed by atoms with E-state index in [2.05, 4.69) is 93.8 Å². The molecule has 5 rings (SSSR count). The number of hydrogen-bond acceptors (Lipinski definition) is 5. The minimum absolute atomic E-state index is 0.0971. The summed E-state index contributed by atoms with van der Waals surface area (Å²) in [5.74, 6) is 1.30. The van der Waals surface area contributed by atoms with Crippen LogP contribution in [0.15, 0.2) is 109 Å². The smallest absolute Gasteiger partial charge is 0.161 e. The maximum Gasteiger partial charge on any atom is 0.161 e. The minimum atomic E-state index is -0.0971. The third kappa shape index (κ3) is 4.16. The molecule has 0 unspecified atom stereocenters. The first kappa shape index (κ1) is 21.5. The minimum Gasteiger partial charge on any atom is -0.393 e. The quantitative estimate of drug-likeness (QED) is 0.296. The van der Waals surface area contributed by atoms with Gasteiger partial charge in [-0.25, -0.2) is 9.97 Å². The van der Waals surface area contributed by atoms with Crippen LogP contribution in [0.25, 0.3) is 10.8 Å². The molecule has 0 aliphatic carbocycles. The van der Waals surface area contributed by atoms with Crippen LogP contribution >= 0.6 is 0 Å². The maximum atomic E-state index is 6.72. The number of benzene rings is 4. The van der Waals surface area contributed by atoms with E-state index in [9.17, 15) is 0 Å². The molecule has 0 aliphatic heterocycles. The summed E-state index contributed by atoms with van der Waals surface area (Å²) in [6.45, 7) is 2.82. The molecular formula is C29H27N5. The van der Waals surface area contributed by atoms with Crippen molar-refractivity contribution in [3.8, 4) is 0 Å². The van der Waals surface area contributed by atoms with Gasteiger partial charge in [-0.05, 0) is 29.5 Å². The molecule has 0 aliphatic rings. The Hall–Kier alpha value is -4.38. The van der Waals surface area contributed by atoms with Crippen molar-refractivity contribution in [1.29, 1.82) is 0 Å². The number of nitrogens with one attached hydrogen (secondary N) is 1. The van der Waals surface area contributed by atoms with Crippen molar-refractivity contribution in [2.45, 2.75) is 13.0 Å². The lowest BCUT2D eigenvalue weighted by molar-refractivity contribution is 0.918. The number of nitrogens with zero attached hydrogens (tertiary/aromatic N) is 3. The van der Waals surface area contributed by atoms with E-state index in [1.165, 1.54) is 5.39 Å². The van der Waals surface area contributed by atoms with Gasteiger partial charge in [-0.3, -0.25) is 0 Å². The van der Waals surface area contributed by atoms with Crippen molar-refractivity contribution < 1.29 is 0 Å². The van der Waals surface area contributed by atoms with Crippen LogP contribution in [0.1, 0.15) is 24.1 Å². The van der Waals surface area contributed by atoms with Crippen LogP contribution in [0.4, 0.5) is 23.0 Å². The summed E-state index contributed by atoms with van der Waals surface area (Å²) >= 11 is 0. The van der Waals surface area contributed by atoms with Gasteiger partial charge in [0.15, 0.2) is 11.6 Å². The Morgan fingerprint density at radius 3 is 2.06 bits per heavy atom. The fourth-order valence-corrected chi connectivity index (χ4v) is 4.38. The zero-order valence-corrected chi connectivity index (χ0v) is 19.1. The summed E-state index contributed by atoms with van der Waals surface area (Å²) in [7, 11) is 0. The van der Waals surface area contributed by atoms with Crippen LogP contribution in [0.5, 0.6) is 0 Å². The second-order valence-corrected chi connectivity index (χ2v) is 8.10. The molecule has 3 N–H and O–H groups in total. The standard InChI is InChI=1S/C29H27N5/c1-2-34(25-19-11-17-21-12-9-10-18-24(21)25)29-26(30)28(31-20-32-29)33-27(22-13-5-3-6-14-22)23-15-7-4-8-16-23/h3-20,27H,2,30H2,1H3,(H,31,32,33). The highest BCUT2D eigenvalue weighted by molar-refractivity contribution is 5.97. The largest absolute Gasteiger partial charge is 0.393 e. The van der Waals surface area contributed by atoms with E-state index in [-0.39, 0.29) is 6.04 Å². The molecule has 1 aromatic heterocycles. The van der Waals surface area contributed by atoms with Crippen LogP contribution in [0, 0.1) is 0 Å². The highest BCUT2D eigenvalue weighted by atomic mass is 15.2. The third-order valence-corrected chi connectivity index (χ3v) is 6.04. The first-order valence-electron chi connectivity index (χ1n) is 11.5. The molecule has 0 fully saturated rings. The number of fused-ring (bicyclic) bond motifs is 1. The van der Waals surface area contributed by atoms with Crippen molar-refractivity contribution in [2.75, 3.05) is 22.5 Å². The lowest BCUT2D eigenvalue weighted by Crippen LogP contribution is -2.21. The maximum absolute atomic E-state index is 6.72. The van der Waals surface area contributed by atoms with Gasteiger partial charge in [0, 0.05) is 11.9 Å². The Kier molecular flexibility index (Phi) is 6.08. The third-order valence-electron chi connectivity index (χ3n) is 6.04. The average molecular weight is 446 g/mol. The predicted molar refractivity (Wildman–Crippen MR) is 141 cm³/mol. The number of aromatic nitrogens is 2. The zero-order valence-electron chi connectivity index (χ0n) is 19.1. The normalized spacial score (nSPS) is 11.0. The van der Waals surface area contributed by atoms with Gasteiger partial charge in [-0.2, -0.15) is 0 Å². The Bertz CT molecular complexity index is 1340. The number of nitrogens with two attached hydrogens (primary N) is 1. The first-order chi connectivity index (χ1) is 16.8. The van der Waals surface area contributed by atoms with Crippen LogP contribution in [0.3, 0.4) is 0 Å². The zero-order chi connectivity index (χ0) is 23.3. The molecule has 5 aromatic rings. The predicted octanol–water partition coefficient (Wildman–Crippen LogP) is 6.57. The second kappa shape index (κ2) is 9.63. The van der Waals surface area contributed by atoms with Gasteiger partial charge >= 0.3 is 0 Å². The molecule has 0 bridgehead atoms. The second-order valence-electron chi connectivity index (χ2n) is 8.10. The molecule has 0 saturated heterocycles. The van der Waals surface area contributed by atoms with E-state index in [4.69, 9.17) is 5.73 Å². The Labute approximate surface area is 199 Å². The molecule has 0 spiro atoms. The van der Waals surface area contributed by atoms with E-state index in [1.807, 2.05) is 36.4 Å². The molecular weight excluding hydrogens is 418 g/mol. The van der Waals surface area contributed by atoms with Gasteiger partial charge in [-0.1, -0.05) is 97.1 Å². The van der Waals surface area contributed by atoms with Crippen molar-refractivity contribution in [1.82, 2.24) is 9.97 Å². The fourth-order valence-electron chi connectivity index (χ4n) is 4.38. The van der Waals surface area contributed by atoms with Crippen LogP contribution in [0.2, 0.25) is 0 Å². The number of anilines is 4. The number of hydrogen-bond donors (Lipinski definition) is 2. The summed E-state index contributed by atoms with van der Waals surface area (Å²) in [5.41, 5.74) is 10.6. The lowest BCUT2D eigenvalue weighted by atomic mass is 9.98. The summed E-state index contributed by atoms with van der Waals surface area (Å²) in [4.78, 5) is 11.3. The Balaban J connectivity index is 1.56. The molecule has 168 valence electrons. The van der Waals surface area contributed by atoms with Gasteiger partial charge in [0.1, 0.15) is 12.0 Å². The summed E-state index contributed by atoms with van der Waals surface area (Å²) in [5, 5.41) is 5.92. The van der Waals surface area contributed by atoms with Crippen molar-refractivity contribution in [2.24, 2.45) is 0 Å². The van der Waals surface area contributed by atoms with E-state index >= 15 is 0 Å². The molecule has 34 heavy (non-hydrogen) atoms. The van der Waals surface area contributed by atoms with Crippen LogP contribution in [-0.4, -0.2) is 16.5 Å². The molecule has 5 nitrogen and oxygen atoms in total. The fraction of sp³-hybridized carbons (Fsp3) is 0.103. The number of nitrogen functional groups attached to an aromatic ring is 1. The molecule has 5 heteroatoms. The molecule has 0 atom stereocenters. The van der Waals surface area contributed by atoms with E-state index in [0.717, 1.165) is 28.7 Å². The molecule has 1 heterocycles. The summed E-state index contributed by atoms with van der Waals surface area (Å²) in [6, 6.07) is 35.2. The SMILES string of the molecule is CCN(c1ncnc(NC(c2ccccc2)c2ccccc2)c1N)c1cccc2ccccc12. The summed E-state index contributed by atoms with van der Waals surface area (Å²) in [6.07, 6.45) is 1.58. The number of rotatable bonds is 7. The Morgan fingerprint density at radius 1 is 0.765 bits per heavy atom. The van der Waals surface area contributed by atoms with Gasteiger partial charge < -0.3 is 16.0 Å². The Morgan fingerprint density at radius 2 is 1.38 bits per heavy atom. The van der Waals surface area contributed by atoms with Crippen molar-refractivity contribution in [3.63, 3.8) is 0 Å². The summed E-state index contributed by atoms with van der Waals surface area (Å²) < 4.78 is 0. The van der Waals surface area contributed by atoms with Gasteiger partial charge in [0.05, 0.1) is 11.7 Å². The molecule has 0 amide bonds. The molecule has 4 aromatic carbocycles. The average Bonchev–Trinajstić information content (AvgIpc) is 2.90. The topological polar surface area (TPSA) is 67.1 Å². The highest BCUT2D eigenvalue weighted by Gasteiger charge is 2.21. The lowest BCUT2D eigenvalue weighted by Gasteiger charge is -2.27. The first-order valence-corrected chi connectivity index (χ1v) is 11.5. The van der Waals surface area contributed by atoms with Crippen LogP contribution < -0.4 is 16.0 Å². The van der Waals surface area contributed by atoms with Gasteiger partial charge in [-0.15, -0.1) is 0 Å². The van der Waals surface area contributed by atoms with Crippen molar-refractivity contribution >= 4 is 33.8 Å². The van der Waals surface area contributed by atoms with Crippen LogP contribution in [-0.2, 0) is 0 Å². The molecule has 0 radical (unpaired) electrons. The van der Waals surface area contributed by atoms with Gasteiger partial charge in [0.25, 0.3) is 0 Å². The van der Waals surface area contributed by atoms with E-state index in [0.29, 0.717) is 17.3 Å². The monoisotopic (exact) mass is 445 g/mol. The van der Waals surface area contributed by atoms with Crippen molar-refractivity contribution in [3.05, 3.63) is 121 Å². The van der Waals surface area contributed by atoms with Gasteiger partial charge in [0.2, 0.25) is 0 Å². The molecule has 0 saturated carbocycles. The van der Waals surface area contributed by atoms with E-state index in [1.54, 1.807) is 6.33 Å². The highest BCUT2D eigenvalue weighted by Crippen LogP contribution is 2.37. The van der Waals surface area contributed by atoms with E-state index < -0.39 is 0 Å².